The second-order valence-corrected chi connectivity index (χ2v) is 12.0. The minimum atomic E-state index is -4.63. The molecule has 1 aliphatic rings. The Bertz CT molecular complexity index is 1770. The zero-order chi connectivity index (χ0) is 30.4. The number of aromatic hydroxyl groups is 1. The number of halogens is 4. The smallest absolute Gasteiger partial charge is 0.416 e. The molecule has 0 unspecified atom stereocenters. The third kappa shape index (κ3) is 5.81. The molecule has 2 aromatic carbocycles. The number of phenols is 1. The Morgan fingerprint density at radius 1 is 1.12 bits per heavy atom. The molecule has 0 spiro atoms. The Balaban J connectivity index is 1.36. The van der Waals surface area contributed by atoms with Gasteiger partial charge in [-0.1, -0.05) is 0 Å². The Morgan fingerprint density at radius 2 is 1.88 bits per heavy atom. The first-order valence-corrected chi connectivity index (χ1v) is 14.4. The van der Waals surface area contributed by atoms with Crippen LogP contribution < -0.4 is 4.90 Å². The molecular weight excluding hydrogens is 580 g/mol. The van der Waals surface area contributed by atoms with Gasteiger partial charge in [0.05, 0.1) is 17.3 Å². The first-order valence-electron chi connectivity index (χ1n) is 12.9. The minimum absolute atomic E-state index is 0.0554. The molecule has 0 aliphatic carbocycles. The maximum atomic E-state index is 13.6. The van der Waals surface area contributed by atoms with Crippen LogP contribution in [0, 0.1) is 5.82 Å². The molecule has 42 heavy (non-hydrogen) atoms. The number of aryl methyl sites for hydroxylation is 1. The van der Waals surface area contributed by atoms with Crippen molar-refractivity contribution in [3.05, 3.63) is 65.6 Å². The topological polar surface area (TPSA) is 117 Å². The number of ketones is 1. The van der Waals surface area contributed by atoms with Gasteiger partial charge in [0.15, 0.2) is 5.78 Å². The van der Waals surface area contributed by atoms with Gasteiger partial charge in [-0.15, -0.1) is 0 Å². The van der Waals surface area contributed by atoms with Crippen molar-refractivity contribution in [1.29, 1.82) is 0 Å². The number of hydrogen-bond donors (Lipinski definition) is 1. The number of fused-ring (bicyclic) bond motifs is 1. The molecule has 2 aromatic heterocycles. The number of aromatic nitrogens is 2. The molecule has 1 atom stereocenters. The Kier molecular flexibility index (Phi) is 7.70. The van der Waals surface area contributed by atoms with Crippen LogP contribution in [-0.4, -0.2) is 60.3 Å². The first-order chi connectivity index (χ1) is 19.7. The van der Waals surface area contributed by atoms with E-state index < -0.39 is 39.4 Å². The summed E-state index contributed by atoms with van der Waals surface area (Å²) in [6.07, 6.45) is -3.86. The van der Waals surface area contributed by atoms with Crippen LogP contribution in [0.2, 0.25) is 0 Å². The molecule has 4 aromatic rings. The van der Waals surface area contributed by atoms with E-state index in [-0.39, 0.29) is 58.4 Å². The lowest BCUT2D eigenvalue weighted by molar-refractivity contribution is -0.137. The molecule has 1 saturated heterocycles. The quantitative estimate of drug-likeness (QED) is 0.273. The maximum absolute atomic E-state index is 13.6. The van der Waals surface area contributed by atoms with Crippen LogP contribution in [0.5, 0.6) is 5.75 Å². The monoisotopic (exact) mass is 606 g/mol. The van der Waals surface area contributed by atoms with E-state index in [2.05, 4.69) is 9.97 Å². The normalized spacial score (nSPS) is 16.3. The third-order valence-electron chi connectivity index (χ3n) is 6.99. The summed E-state index contributed by atoms with van der Waals surface area (Å²) in [5, 5.41) is 10.2. The van der Waals surface area contributed by atoms with Gasteiger partial charge in [-0.2, -0.15) is 17.5 Å². The molecule has 1 fully saturated rings. The average molecular weight is 607 g/mol. The number of phenolic OH excluding ortho intramolecular Hbond substituents is 1. The molecule has 0 bridgehead atoms. The molecule has 0 amide bonds. The molecule has 1 aliphatic heterocycles. The lowest BCUT2D eigenvalue weighted by Crippen LogP contribution is -2.40. The number of alkyl halides is 3. The van der Waals surface area contributed by atoms with Gasteiger partial charge in [0.2, 0.25) is 11.0 Å². The van der Waals surface area contributed by atoms with Crippen LogP contribution in [0.15, 0.2) is 58.0 Å². The molecule has 1 N–H and O–H groups in total. The van der Waals surface area contributed by atoms with E-state index in [0.717, 1.165) is 28.6 Å². The molecule has 9 nitrogen and oxygen atoms in total. The predicted molar refractivity (Wildman–Crippen MR) is 145 cm³/mol. The van der Waals surface area contributed by atoms with Crippen molar-refractivity contribution < 1.29 is 40.3 Å². The van der Waals surface area contributed by atoms with E-state index >= 15 is 0 Å². The van der Waals surface area contributed by atoms with E-state index in [9.17, 15) is 35.9 Å². The molecule has 14 heteroatoms. The summed E-state index contributed by atoms with van der Waals surface area (Å²) in [4.78, 5) is 23.6. The van der Waals surface area contributed by atoms with Crippen molar-refractivity contribution in [3.63, 3.8) is 0 Å². The standard InChI is InChI=1S/C28H26F4N4O5S/c1-35(2)27-33-19(15-21(34-27)20-8-5-17(14-24(20)38)28(30,31)32)7-9-23(37)22-4-3-11-36(22)42(39,40)26-13-16-12-18(29)6-10-25(16)41-26/h5-6,8,10,12-15,22,38H,3-4,7,9,11H2,1-2H3/t22-/m0/s1. The number of furan rings is 1. The molecule has 222 valence electrons. The summed E-state index contributed by atoms with van der Waals surface area (Å²) < 4.78 is 86.1. The van der Waals surface area contributed by atoms with Gasteiger partial charge >= 0.3 is 6.18 Å². The number of rotatable bonds is 8. The number of hydrogen-bond acceptors (Lipinski definition) is 8. The average Bonchev–Trinajstić information content (AvgIpc) is 3.59. The highest BCUT2D eigenvalue weighted by molar-refractivity contribution is 7.89. The van der Waals surface area contributed by atoms with Crippen LogP contribution in [0.1, 0.15) is 30.5 Å². The van der Waals surface area contributed by atoms with Gasteiger partial charge in [0, 0.05) is 49.8 Å². The summed E-state index contributed by atoms with van der Waals surface area (Å²) in [7, 11) is -0.865. The Morgan fingerprint density at radius 3 is 2.57 bits per heavy atom. The second kappa shape index (κ2) is 11.0. The number of carbonyl (C=O) groups is 1. The molecule has 0 saturated carbocycles. The van der Waals surface area contributed by atoms with E-state index in [0.29, 0.717) is 24.6 Å². The fraction of sp³-hybridized carbons (Fsp3) is 0.321. The fourth-order valence-corrected chi connectivity index (χ4v) is 6.50. The number of anilines is 1. The summed E-state index contributed by atoms with van der Waals surface area (Å²) in [6, 6.07) is 7.98. The van der Waals surface area contributed by atoms with Gasteiger partial charge < -0.3 is 14.4 Å². The Labute approximate surface area is 238 Å². The van der Waals surface area contributed by atoms with Gasteiger partial charge in [-0.3, -0.25) is 4.79 Å². The summed E-state index contributed by atoms with van der Waals surface area (Å²) in [6.45, 7) is 0.111. The molecular formula is C28H26F4N4O5S. The molecule has 3 heterocycles. The number of sulfonamides is 1. The van der Waals surface area contributed by atoms with Crippen LogP contribution in [0.3, 0.4) is 0 Å². The van der Waals surface area contributed by atoms with Crippen molar-refractivity contribution in [1.82, 2.24) is 14.3 Å². The maximum Gasteiger partial charge on any atom is 0.416 e. The third-order valence-corrected chi connectivity index (χ3v) is 8.75. The van der Waals surface area contributed by atoms with E-state index in [1.807, 2.05) is 0 Å². The lowest BCUT2D eigenvalue weighted by atomic mass is 10.0. The summed E-state index contributed by atoms with van der Waals surface area (Å²) in [5.41, 5.74) is -0.216. The van der Waals surface area contributed by atoms with Crippen molar-refractivity contribution >= 4 is 32.7 Å². The molecule has 0 radical (unpaired) electrons. The van der Waals surface area contributed by atoms with Crippen molar-refractivity contribution in [2.75, 3.05) is 25.5 Å². The predicted octanol–water partition coefficient (Wildman–Crippen LogP) is 5.17. The van der Waals surface area contributed by atoms with E-state index in [1.165, 1.54) is 18.2 Å². The highest BCUT2D eigenvalue weighted by Crippen LogP contribution is 2.37. The van der Waals surface area contributed by atoms with E-state index in [1.54, 1.807) is 19.0 Å². The summed E-state index contributed by atoms with van der Waals surface area (Å²) in [5.74, 6) is -1.29. The second-order valence-electron chi connectivity index (χ2n) is 10.2. The van der Waals surface area contributed by atoms with Crippen molar-refractivity contribution in [2.24, 2.45) is 0 Å². The zero-order valence-corrected chi connectivity index (χ0v) is 23.3. The van der Waals surface area contributed by atoms with Gasteiger partial charge in [0.25, 0.3) is 10.0 Å². The van der Waals surface area contributed by atoms with Crippen molar-refractivity contribution in [2.45, 2.75) is 43.0 Å². The van der Waals surface area contributed by atoms with E-state index in [4.69, 9.17) is 4.42 Å². The number of benzene rings is 2. The number of nitrogens with zero attached hydrogens (tertiary/aromatic N) is 4. The van der Waals surface area contributed by atoms with Crippen LogP contribution in [0.4, 0.5) is 23.5 Å². The van der Waals surface area contributed by atoms with Crippen molar-refractivity contribution in [3.8, 4) is 17.0 Å². The van der Waals surface area contributed by atoms with Crippen LogP contribution in [-0.2, 0) is 27.4 Å². The van der Waals surface area contributed by atoms with Gasteiger partial charge in [-0.05, 0) is 61.7 Å². The lowest BCUT2D eigenvalue weighted by Gasteiger charge is -2.22. The zero-order valence-electron chi connectivity index (χ0n) is 22.5. The summed E-state index contributed by atoms with van der Waals surface area (Å²) >= 11 is 0. The largest absolute Gasteiger partial charge is 0.507 e. The van der Waals surface area contributed by atoms with Crippen LogP contribution in [0.25, 0.3) is 22.2 Å². The SMILES string of the molecule is CN(C)c1nc(CCC(=O)[C@@H]2CCCN2S(=O)(=O)c2cc3cc(F)ccc3o2)cc(-c2ccc(C(F)(F)F)cc2O)n1. The fourth-order valence-electron chi connectivity index (χ4n) is 4.87. The van der Waals surface area contributed by atoms with Gasteiger partial charge in [0.1, 0.15) is 17.1 Å². The van der Waals surface area contributed by atoms with Crippen LogP contribution >= 0.6 is 0 Å². The first kappa shape index (κ1) is 29.5. The highest BCUT2D eigenvalue weighted by Gasteiger charge is 2.40. The molecule has 5 rings (SSSR count). The minimum Gasteiger partial charge on any atom is -0.507 e. The highest BCUT2D eigenvalue weighted by atomic mass is 32.2. The number of carbonyl (C=O) groups excluding carboxylic acids is 1. The Hall–Kier alpha value is -4.04. The number of Topliss-reactive ketones (excluding diaryl/α,β-unsaturated/α-hetero) is 1. The van der Waals surface area contributed by atoms with Gasteiger partial charge in [-0.25, -0.2) is 22.8 Å².